The first-order valence-corrected chi connectivity index (χ1v) is 5.68. The van der Waals surface area contributed by atoms with Crippen LogP contribution in [0, 0.1) is 0 Å². The Hall–Kier alpha value is -2.08. The molecule has 1 fully saturated rings. The van der Waals surface area contributed by atoms with Gasteiger partial charge < -0.3 is 20.8 Å². The minimum atomic E-state index is -1.19. The summed E-state index contributed by atoms with van der Waals surface area (Å²) in [7, 11) is 0. The van der Waals surface area contributed by atoms with Crippen molar-refractivity contribution < 1.29 is 19.8 Å². The number of amides is 1. The Morgan fingerprint density at radius 1 is 1.39 bits per heavy atom. The van der Waals surface area contributed by atoms with Crippen LogP contribution in [0.25, 0.3) is 0 Å². The van der Waals surface area contributed by atoms with Crippen molar-refractivity contribution in [2.75, 3.05) is 11.9 Å². The topological polar surface area (TPSA) is 98.7 Å². The number of rotatable bonds is 3. The molecule has 1 heterocycles. The summed E-state index contributed by atoms with van der Waals surface area (Å²) in [4.78, 5) is 22.8. The summed E-state index contributed by atoms with van der Waals surface area (Å²) in [5, 5.41) is 23.8. The van der Waals surface area contributed by atoms with E-state index in [1.165, 1.54) is 12.1 Å². The van der Waals surface area contributed by atoms with Gasteiger partial charge in [0.25, 0.3) is 0 Å². The lowest BCUT2D eigenvalue weighted by Gasteiger charge is -2.13. The Bertz CT molecular complexity index is 481. The molecule has 1 aromatic rings. The van der Waals surface area contributed by atoms with Gasteiger partial charge in [-0.1, -0.05) is 0 Å². The minimum Gasteiger partial charge on any atom is -0.508 e. The Kier molecular flexibility index (Phi) is 3.47. The summed E-state index contributed by atoms with van der Waals surface area (Å²) in [6.45, 7) is 0.791. The molecule has 1 saturated heterocycles. The Morgan fingerprint density at radius 2 is 2.17 bits per heavy atom. The SMILES string of the molecule is O=C(O)c1cc(O)ccc1NC(=O)C1CCCN1. The smallest absolute Gasteiger partial charge is 0.337 e. The third kappa shape index (κ3) is 2.60. The van der Waals surface area contributed by atoms with E-state index in [2.05, 4.69) is 10.6 Å². The third-order valence-corrected chi connectivity index (χ3v) is 2.87. The second kappa shape index (κ2) is 5.05. The van der Waals surface area contributed by atoms with Crippen molar-refractivity contribution in [1.29, 1.82) is 0 Å². The van der Waals surface area contributed by atoms with E-state index in [9.17, 15) is 14.7 Å². The zero-order valence-electron chi connectivity index (χ0n) is 9.64. The van der Waals surface area contributed by atoms with Gasteiger partial charge in [-0.05, 0) is 37.6 Å². The number of carboxylic acid groups (broad SMARTS) is 1. The fourth-order valence-corrected chi connectivity index (χ4v) is 1.95. The van der Waals surface area contributed by atoms with Gasteiger partial charge in [-0.2, -0.15) is 0 Å². The van der Waals surface area contributed by atoms with E-state index in [-0.39, 0.29) is 28.9 Å². The van der Waals surface area contributed by atoms with Crippen molar-refractivity contribution in [2.24, 2.45) is 0 Å². The summed E-state index contributed by atoms with van der Waals surface area (Å²) < 4.78 is 0. The fraction of sp³-hybridized carbons (Fsp3) is 0.333. The van der Waals surface area contributed by atoms with Crippen molar-refractivity contribution in [2.45, 2.75) is 18.9 Å². The van der Waals surface area contributed by atoms with Crippen LogP contribution in [-0.2, 0) is 4.79 Å². The Balaban J connectivity index is 2.17. The molecular formula is C12H14N2O4. The summed E-state index contributed by atoms with van der Waals surface area (Å²) >= 11 is 0. The first-order chi connectivity index (χ1) is 8.58. The quantitative estimate of drug-likeness (QED) is 0.594. The highest BCUT2D eigenvalue weighted by atomic mass is 16.4. The van der Waals surface area contributed by atoms with Crippen LogP contribution in [0.5, 0.6) is 5.75 Å². The largest absolute Gasteiger partial charge is 0.508 e. The summed E-state index contributed by atoms with van der Waals surface area (Å²) in [5.74, 6) is -1.59. The molecule has 0 aliphatic carbocycles. The van der Waals surface area contributed by atoms with E-state index in [0.717, 1.165) is 25.5 Å². The number of carboxylic acids is 1. The average molecular weight is 250 g/mol. The van der Waals surface area contributed by atoms with Crippen LogP contribution in [0.4, 0.5) is 5.69 Å². The number of carbonyl (C=O) groups excluding carboxylic acids is 1. The highest BCUT2D eigenvalue weighted by molar-refractivity contribution is 6.02. The third-order valence-electron chi connectivity index (χ3n) is 2.87. The number of benzene rings is 1. The lowest BCUT2D eigenvalue weighted by atomic mass is 10.1. The lowest BCUT2D eigenvalue weighted by molar-refractivity contribution is -0.117. The van der Waals surface area contributed by atoms with Crippen molar-refractivity contribution in [3.8, 4) is 5.75 Å². The molecule has 1 aliphatic heterocycles. The van der Waals surface area contributed by atoms with Crippen LogP contribution >= 0.6 is 0 Å². The summed E-state index contributed by atoms with van der Waals surface area (Å²) in [5.41, 5.74) is 0.0698. The van der Waals surface area contributed by atoms with Crippen LogP contribution in [0.1, 0.15) is 23.2 Å². The van der Waals surface area contributed by atoms with E-state index < -0.39 is 5.97 Å². The summed E-state index contributed by atoms with van der Waals surface area (Å²) in [6.07, 6.45) is 1.67. The standard InChI is InChI=1S/C12H14N2O4/c15-7-3-4-9(8(6-7)12(17)18)14-11(16)10-2-1-5-13-10/h3-4,6,10,13,15H,1-2,5H2,(H,14,16)(H,17,18). The highest BCUT2D eigenvalue weighted by Crippen LogP contribution is 2.22. The van der Waals surface area contributed by atoms with Gasteiger partial charge in [0, 0.05) is 0 Å². The van der Waals surface area contributed by atoms with Gasteiger partial charge in [-0.25, -0.2) is 4.79 Å². The number of phenolic OH excluding ortho intramolecular Hbond substituents is 1. The normalized spacial score (nSPS) is 18.6. The molecule has 6 heteroatoms. The molecule has 0 aromatic heterocycles. The maximum atomic E-state index is 11.8. The number of nitrogens with one attached hydrogen (secondary N) is 2. The molecule has 1 aliphatic rings. The fourth-order valence-electron chi connectivity index (χ4n) is 1.95. The van der Waals surface area contributed by atoms with Crippen molar-refractivity contribution in [3.63, 3.8) is 0 Å². The van der Waals surface area contributed by atoms with Gasteiger partial charge in [0.15, 0.2) is 0 Å². The van der Waals surface area contributed by atoms with Gasteiger partial charge in [-0.15, -0.1) is 0 Å². The second-order valence-corrected chi connectivity index (χ2v) is 4.17. The van der Waals surface area contributed by atoms with E-state index in [1.54, 1.807) is 0 Å². The molecule has 18 heavy (non-hydrogen) atoms. The molecule has 0 spiro atoms. The number of phenols is 1. The van der Waals surface area contributed by atoms with Gasteiger partial charge in [0.05, 0.1) is 17.3 Å². The first kappa shape index (κ1) is 12.4. The molecule has 1 aromatic carbocycles. The summed E-state index contributed by atoms with van der Waals surface area (Å²) in [6, 6.07) is 3.55. The molecule has 1 atom stereocenters. The molecule has 2 rings (SSSR count). The molecule has 4 N–H and O–H groups in total. The van der Waals surface area contributed by atoms with E-state index in [4.69, 9.17) is 5.11 Å². The van der Waals surface area contributed by atoms with Crippen molar-refractivity contribution in [1.82, 2.24) is 5.32 Å². The monoisotopic (exact) mass is 250 g/mol. The van der Waals surface area contributed by atoms with Gasteiger partial charge in [-0.3, -0.25) is 4.79 Å². The highest BCUT2D eigenvalue weighted by Gasteiger charge is 2.23. The number of hydrogen-bond donors (Lipinski definition) is 4. The average Bonchev–Trinajstić information content (AvgIpc) is 2.84. The van der Waals surface area contributed by atoms with Gasteiger partial charge >= 0.3 is 5.97 Å². The van der Waals surface area contributed by atoms with Crippen LogP contribution in [0.15, 0.2) is 18.2 Å². The minimum absolute atomic E-state index is 0.124. The molecular weight excluding hydrogens is 236 g/mol. The number of aromatic hydroxyl groups is 1. The molecule has 96 valence electrons. The van der Waals surface area contributed by atoms with Crippen LogP contribution in [0.3, 0.4) is 0 Å². The van der Waals surface area contributed by atoms with Crippen molar-refractivity contribution >= 4 is 17.6 Å². The van der Waals surface area contributed by atoms with Gasteiger partial charge in [0.2, 0.25) is 5.91 Å². The van der Waals surface area contributed by atoms with Crippen LogP contribution < -0.4 is 10.6 Å². The maximum absolute atomic E-state index is 11.8. The molecule has 1 unspecified atom stereocenters. The van der Waals surface area contributed by atoms with Gasteiger partial charge in [0.1, 0.15) is 5.75 Å². The zero-order chi connectivity index (χ0) is 13.1. The predicted molar refractivity (Wildman–Crippen MR) is 64.7 cm³/mol. The van der Waals surface area contributed by atoms with E-state index in [0.29, 0.717) is 0 Å². The second-order valence-electron chi connectivity index (χ2n) is 4.17. The number of aromatic carboxylic acids is 1. The molecule has 0 radical (unpaired) electrons. The maximum Gasteiger partial charge on any atom is 0.337 e. The first-order valence-electron chi connectivity index (χ1n) is 5.68. The number of hydrogen-bond acceptors (Lipinski definition) is 4. The molecule has 0 saturated carbocycles. The molecule has 6 nitrogen and oxygen atoms in total. The molecule has 0 bridgehead atoms. The van der Waals surface area contributed by atoms with E-state index in [1.807, 2.05) is 0 Å². The number of anilines is 1. The van der Waals surface area contributed by atoms with E-state index >= 15 is 0 Å². The number of carbonyl (C=O) groups is 2. The molecule has 1 amide bonds. The van der Waals surface area contributed by atoms with Crippen LogP contribution in [-0.4, -0.2) is 34.7 Å². The predicted octanol–water partition coefficient (Wildman–Crippen LogP) is 0.781. The Morgan fingerprint density at radius 3 is 2.78 bits per heavy atom. The van der Waals surface area contributed by atoms with Crippen molar-refractivity contribution in [3.05, 3.63) is 23.8 Å². The Labute approximate surface area is 104 Å². The van der Waals surface area contributed by atoms with Crippen LogP contribution in [0.2, 0.25) is 0 Å². The lowest BCUT2D eigenvalue weighted by Crippen LogP contribution is -2.35. The zero-order valence-corrected chi connectivity index (χ0v) is 9.64.